The standard InChI is InChI=1S/C32H39F3N4O4S/c1-42-25-15-17-38(20-25)23-11-9-22(10-12-23)37-28-7-4-8-30-27(28)18-24(39(30)21-32(33,34)35)6-5-16-36-29-14-13-26(44(3,40)41)19-31(29)43-2/h4,7-8,13-14,18-19,22-23,25,36-37H,9-12,15-17,20-21H2,1-3H3/t22-,23+,25?. The van der Waals surface area contributed by atoms with Crippen LogP contribution in [-0.4, -0.2) is 82.4 Å². The molecule has 5 rings (SSSR count). The summed E-state index contributed by atoms with van der Waals surface area (Å²) in [5.41, 5.74) is 2.07. The van der Waals surface area contributed by atoms with E-state index in [2.05, 4.69) is 27.4 Å². The molecule has 2 aromatic carbocycles. The zero-order valence-electron chi connectivity index (χ0n) is 25.2. The number of ether oxygens (including phenoxy) is 2. The summed E-state index contributed by atoms with van der Waals surface area (Å²) in [7, 11) is -0.213. The second-order valence-corrected chi connectivity index (χ2v) is 13.6. The topological polar surface area (TPSA) is 84.8 Å². The lowest BCUT2D eigenvalue weighted by molar-refractivity contribution is -0.140. The van der Waals surface area contributed by atoms with Gasteiger partial charge < -0.3 is 24.7 Å². The number of alkyl halides is 3. The van der Waals surface area contributed by atoms with Gasteiger partial charge in [0.15, 0.2) is 9.84 Å². The molecule has 238 valence electrons. The number of benzene rings is 2. The van der Waals surface area contributed by atoms with Crippen molar-refractivity contribution in [3.8, 4) is 17.6 Å². The summed E-state index contributed by atoms with van der Waals surface area (Å²) in [5.74, 6) is 6.16. The average molecular weight is 633 g/mol. The van der Waals surface area contributed by atoms with Crippen molar-refractivity contribution in [3.63, 3.8) is 0 Å². The molecule has 44 heavy (non-hydrogen) atoms. The van der Waals surface area contributed by atoms with Crippen molar-refractivity contribution in [2.45, 2.75) is 67.9 Å². The van der Waals surface area contributed by atoms with Crippen LogP contribution in [0.15, 0.2) is 47.4 Å². The number of rotatable bonds is 9. The predicted molar refractivity (Wildman–Crippen MR) is 166 cm³/mol. The number of hydrogen-bond donors (Lipinski definition) is 2. The third kappa shape index (κ3) is 7.62. The minimum absolute atomic E-state index is 0.110. The minimum Gasteiger partial charge on any atom is -0.495 e. The number of anilines is 2. The molecule has 1 aromatic heterocycles. The van der Waals surface area contributed by atoms with E-state index in [1.54, 1.807) is 31.4 Å². The molecule has 2 fully saturated rings. The Labute approximate surface area is 256 Å². The fraction of sp³-hybridized carbons (Fsp3) is 0.500. The lowest BCUT2D eigenvalue weighted by atomic mass is 9.90. The summed E-state index contributed by atoms with van der Waals surface area (Å²) in [5, 5.41) is 7.39. The molecule has 8 nitrogen and oxygen atoms in total. The van der Waals surface area contributed by atoms with Crippen LogP contribution >= 0.6 is 0 Å². The Hall–Kier alpha value is -3.40. The van der Waals surface area contributed by atoms with Crippen LogP contribution in [0.4, 0.5) is 24.5 Å². The van der Waals surface area contributed by atoms with Gasteiger partial charge in [0.25, 0.3) is 0 Å². The first kappa shape index (κ1) is 32.0. The molecule has 12 heteroatoms. The van der Waals surface area contributed by atoms with Crippen LogP contribution in [0.2, 0.25) is 0 Å². The zero-order valence-corrected chi connectivity index (χ0v) is 26.0. The zero-order chi connectivity index (χ0) is 31.5. The van der Waals surface area contributed by atoms with Crippen molar-refractivity contribution in [1.29, 1.82) is 0 Å². The summed E-state index contributed by atoms with van der Waals surface area (Å²) in [6.07, 6.45) is 2.20. The quantitative estimate of drug-likeness (QED) is 0.301. The number of aromatic nitrogens is 1. The molecular formula is C32H39F3N4O4S. The Kier molecular flexibility index (Phi) is 9.68. The van der Waals surface area contributed by atoms with Gasteiger partial charge in [0, 0.05) is 55.7 Å². The van der Waals surface area contributed by atoms with Gasteiger partial charge in [-0.3, -0.25) is 4.90 Å². The monoisotopic (exact) mass is 632 g/mol. The van der Waals surface area contributed by atoms with Gasteiger partial charge in [0.2, 0.25) is 0 Å². The van der Waals surface area contributed by atoms with Crippen molar-refractivity contribution in [2.75, 3.05) is 50.7 Å². The lowest BCUT2D eigenvalue weighted by Gasteiger charge is -2.35. The highest BCUT2D eigenvalue weighted by molar-refractivity contribution is 7.90. The van der Waals surface area contributed by atoms with Crippen molar-refractivity contribution < 1.29 is 31.1 Å². The number of hydrogen-bond acceptors (Lipinski definition) is 7. The predicted octanol–water partition coefficient (Wildman–Crippen LogP) is 5.52. The molecule has 1 unspecified atom stereocenters. The van der Waals surface area contributed by atoms with Gasteiger partial charge in [-0.05, 0) is 68.4 Å². The fourth-order valence-electron chi connectivity index (χ4n) is 6.27. The maximum atomic E-state index is 13.7. The fourth-order valence-corrected chi connectivity index (χ4v) is 6.91. The van der Waals surface area contributed by atoms with Crippen LogP contribution < -0.4 is 15.4 Å². The van der Waals surface area contributed by atoms with Gasteiger partial charge in [-0.25, -0.2) is 8.42 Å². The number of sulfone groups is 1. The van der Waals surface area contributed by atoms with Crippen LogP contribution in [0.3, 0.4) is 0 Å². The van der Waals surface area contributed by atoms with Gasteiger partial charge in [-0.1, -0.05) is 12.0 Å². The number of methoxy groups -OCH3 is 2. The molecule has 2 N–H and O–H groups in total. The number of likely N-dealkylation sites (tertiary alicyclic amines) is 1. The van der Waals surface area contributed by atoms with E-state index in [4.69, 9.17) is 9.47 Å². The Morgan fingerprint density at radius 3 is 2.45 bits per heavy atom. The van der Waals surface area contributed by atoms with Crippen molar-refractivity contribution in [2.24, 2.45) is 0 Å². The second kappa shape index (κ2) is 13.3. The SMILES string of the molecule is COc1cc(S(C)(=O)=O)ccc1NCC#Cc1cc2c(N[C@H]3CC[C@@H](N4CCC(OC)C4)CC3)cccc2n1CC(F)(F)F. The summed E-state index contributed by atoms with van der Waals surface area (Å²) < 4.78 is 76.7. The molecule has 2 heterocycles. The van der Waals surface area contributed by atoms with E-state index in [9.17, 15) is 21.6 Å². The molecule has 0 radical (unpaired) electrons. The number of nitrogens with one attached hydrogen (secondary N) is 2. The van der Waals surface area contributed by atoms with Gasteiger partial charge >= 0.3 is 6.18 Å². The molecule has 0 bridgehead atoms. The third-order valence-corrected chi connectivity index (χ3v) is 9.66. The van der Waals surface area contributed by atoms with Gasteiger partial charge in [0.05, 0.1) is 41.6 Å². The van der Waals surface area contributed by atoms with E-state index >= 15 is 0 Å². The maximum Gasteiger partial charge on any atom is 0.406 e. The number of nitrogens with zero attached hydrogens (tertiary/aromatic N) is 2. The second-order valence-electron chi connectivity index (χ2n) is 11.5. The normalized spacial score (nSPS) is 21.2. The first-order valence-corrected chi connectivity index (χ1v) is 16.7. The van der Waals surface area contributed by atoms with Crippen LogP contribution in [0.1, 0.15) is 37.8 Å². The summed E-state index contributed by atoms with van der Waals surface area (Å²) in [6, 6.07) is 12.3. The summed E-state index contributed by atoms with van der Waals surface area (Å²) >= 11 is 0. The maximum absolute atomic E-state index is 13.7. The first-order chi connectivity index (χ1) is 20.9. The van der Waals surface area contributed by atoms with Crippen LogP contribution in [0.5, 0.6) is 5.75 Å². The van der Waals surface area contributed by atoms with Crippen molar-refractivity contribution in [3.05, 3.63) is 48.2 Å². The Balaban J connectivity index is 1.31. The Bertz CT molecular complexity index is 1640. The smallest absolute Gasteiger partial charge is 0.406 e. The van der Waals surface area contributed by atoms with E-state index in [1.807, 2.05) is 6.07 Å². The minimum atomic E-state index is -4.42. The summed E-state index contributed by atoms with van der Waals surface area (Å²) in [6.45, 7) is 1.00. The number of fused-ring (bicyclic) bond motifs is 1. The van der Waals surface area contributed by atoms with E-state index in [0.717, 1.165) is 57.1 Å². The highest BCUT2D eigenvalue weighted by atomic mass is 32.2. The van der Waals surface area contributed by atoms with Crippen LogP contribution in [0.25, 0.3) is 10.9 Å². The molecule has 3 aromatic rings. The average Bonchev–Trinajstić information content (AvgIpc) is 3.60. The molecule has 1 atom stereocenters. The van der Waals surface area contributed by atoms with E-state index < -0.39 is 22.6 Å². The molecule has 1 aliphatic heterocycles. The molecule has 2 aliphatic rings. The van der Waals surface area contributed by atoms with E-state index in [-0.39, 0.29) is 23.2 Å². The molecule has 1 saturated heterocycles. The van der Waals surface area contributed by atoms with Crippen molar-refractivity contribution in [1.82, 2.24) is 9.47 Å². The summed E-state index contributed by atoms with van der Waals surface area (Å²) in [4.78, 5) is 2.65. The van der Waals surface area contributed by atoms with E-state index in [0.29, 0.717) is 34.5 Å². The largest absolute Gasteiger partial charge is 0.495 e. The molecular weight excluding hydrogens is 593 g/mol. The highest BCUT2D eigenvalue weighted by Gasteiger charge is 2.32. The third-order valence-electron chi connectivity index (χ3n) is 8.55. The van der Waals surface area contributed by atoms with E-state index in [1.165, 1.54) is 23.8 Å². The van der Waals surface area contributed by atoms with Gasteiger partial charge in [-0.2, -0.15) is 13.2 Å². The van der Waals surface area contributed by atoms with Crippen LogP contribution in [0, 0.1) is 11.8 Å². The Morgan fingerprint density at radius 1 is 1.02 bits per heavy atom. The molecule has 0 amide bonds. The van der Waals surface area contributed by atoms with Gasteiger partial charge in [0.1, 0.15) is 12.3 Å². The van der Waals surface area contributed by atoms with Crippen LogP contribution in [-0.2, 0) is 21.1 Å². The lowest BCUT2D eigenvalue weighted by Crippen LogP contribution is -2.39. The highest BCUT2D eigenvalue weighted by Crippen LogP contribution is 2.33. The van der Waals surface area contributed by atoms with Crippen molar-refractivity contribution >= 4 is 32.1 Å². The Morgan fingerprint density at radius 2 is 1.80 bits per heavy atom. The van der Waals surface area contributed by atoms with Gasteiger partial charge in [-0.15, -0.1) is 0 Å². The number of halogens is 3. The first-order valence-electron chi connectivity index (χ1n) is 14.8. The molecule has 1 aliphatic carbocycles. The molecule has 0 spiro atoms. The molecule has 1 saturated carbocycles.